The molecule has 0 saturated carbocycles. The number of benzene rings is 2. The van der Waals surface area contributed by atoms with Crippen LogP contribution in [0.15, 0.2) is 42.5 Å². The zero-order valence-electron chi connectivity index (χ0n) is 13.1. The van der Waals surface area contributed by atoms with Crippen LogP contribution in [0.25, 0.3) is 0 Å². The lowest BCUT2D eigenvalue weighted by molar-refractivity contribution is 0.0600. The molecule has 0 spiro atoms. The summed E-state index contributed by atoms with van der Waals surface area (Å²) in [6, 6.07) is 11.5. The van der Waals surface area contributed by atoms with E-state index in [0.29, 0.717) is 28.3 Å². The molecule has 6 heteroatoms. The van der Waals surface area contributed by atoms with Crippen molar-refractivity contribution >= 4 is 17.6 Å². The van der Waals surface area contributed by atoms with E-state index in [1.165, 1.54) is 27.4 Å². The minimum absolute atomic E-state index is 0.329. The first-order chi connectivity index (χ1) is 11.1. The van der Waals surface area contributed by atoms with Crippen LogP contribution in [0.2, 0.25) is 0 Å². The van der Waals surface area contributed by atoms with E-state index in [1.807, 2.05) is 0 Å². The van der Waals surface area contributed by atoms with Crippen molar-refractivity contribution in [2.24, 2.45) is 0 Å². The highest BCUT2D eigenvalue weighted by Crippen LogP contribution is 2.31. The van der Waals surface area contributed by atoms with Gasteiger partial charge >= 0.3 is 5.97 Å². The Balaban J connectivity index is 2.28. The van der Waals surface area contributed by atoms with Crippen LogP contribution < -0.4 is 14.8 Å². The summed E-state index contributed by atoms with van der Waals surface area (Å²) in [7, 11) is 4.26. The second-order valence-corrected chi connectivity index (χ2v) is 4.57. The van der Waals surface area contributed by atoms with Gasteiger partial charge < -0.3 is 19.5 Å². The number of para-hydroxylation sites is 1. The Morgan fingerprint density at radius 1 is 0.957 bits per heavy atom. The predicted molar refractivity (Wildman–Crippen MR) is 85.3 cm³/mol. The van der Waals surface area contributed by atoms with E-state index in [9.17, 15) is 9.59 Å². The summed E-state index contributed by atoms with van der Waals surface area (Å²) in [5.74, 6) is -0.0390. The highest BCUT2D eigenvalue weighted by Gasteiger charge is 2.17. The molecule has 2 aromatic carbocycles. The van der Waals surface area contributed by atoms with Crippen LogP contribution in [0.4, 0.5) is 5.69 Å². The molecule has 0 unspecified atom stereocenters. The number of nitrogens with one attached hydrogen (secondary N) is 1. The van der Waals surface area contributed by atoms with E-state index in [0.717, 1.165) is 0 Å². The van der Waals surface area contributed by atoms with E-state index in [2.05, 4.69) is 10.1 Å². The zero-order chi connectivity index (χ0) is 16.8. The SMILES string of the molecule is COC(=O)c1cccc(NC(=O)c2cccc(OC)c2OC)c1. The molecule has 0 atom stereocenters. The summed E-state index contributed by atoms with van der Waals surface area (Å²) in [6.45, 7) is 0. The Kier molecular flexibility index (Phi) is 5.19. The van der Waals surface area contributed by atoms with Crippen molar-refractivity contribution in [3.8, 4) is 11.5 Å². The Bertz CT molecular complexity index is 727. The molecule has 2 aromatic rings. The topological polar surface area (TPSA) is 73.9 Å². The first-order valence-corrected chi connectivity index (χ1v) is 6.81. The molecule has 0 aliphatic heterocycles. The van der Waals surface area contributed by atoms with E-state index in [1.54, 1.807) is 36.4 Å². The van der Waals surface area contributed by atoms with E-state index < -0.39 is 5.97 Å². The molecule has 2 rings (SSSR count). The van der Waals surface area contributed by atoms with Crippen LogP contribution in [-0.4, -0.2) is 33.2 Å². The lowest BCUT2D eigenvalue weighted by Gasteiger charge is -2.12. The van der Waals surface area contributed by atoms with Gasteiger partial charge in [0, 0.05) is 5.69 Å². The van der Waals surface area contributed by atoms with Gasteiger partial charge in [0.2, 0.25) is 0 Å². The molecule has 0 fully saturated rings. The van der Waals surface area contributed by atoms with Crippen LogP contribution in [0.3, 0.4) is 0 Å². The first kappa shape index (κ1) is 16.4. The lowest BCUT2D eigenvalue weighted by Crippen LogP contribution is -2.14. The normalized spacial score (nSPS) is 9.87. The molecule has 120 valence electrons. The molecule has 0 heterocycles. The number of amides is 1. The second kappa shape index (κ2) is 7.31. The van der Waals surface area contributed by atoms with Gasteiger partial charge in [0.15, 0.2) is 11.5 Å². The van der Waals surface area contributed by atoms with Crippen LogP contribution in [0.1, 0.15) is 20.7 Å². The summed E-state index contributed by atoms with van der Waals surface area (Å²) in [6.07, 6.45) is 0. The number of methoxy groups -OCH3 is 3. The minimum atomic E-state index is -0.472. The second-order valence-electron chi connectivity index (χ2n) is 4.57. The number of rotatable bonds is 5. The molecule has 0 saturated heterocycles. The van der Waals surface area contributed by atoms with Gasteiger partial charge in [-0.1, -0.05) is 12.1 Å². The average molecular weight is 315 g/mol. The summed E-state index contributed by atoms with van der Waals surface area (Å²) in [5, 5.41) is 2.72. The van der Waals surface area contributed by atoms with Gasteiger partial charge in [-0.2, -0.15) is 0 Å². The highest BCUT2D eigenvalue weighted by atomic mass is 16.5. The maximum atomic E-state index is 12.4. The van der Waals surface area contributed by atoms with Gasteiger partial charge in [-0.3, -0.25) is 4.79 Å². The van der Waals surface area contributed by atoms with Gasteiger partial charge in [-0.25, -0.2) is 4.79 Å². The van der Waals surface area contributed by atoms with E-state index >= 15 is 0 Å². The van der Waals surface area contributed by atoms with Crippen LogP contribution >= 0.6 is 0 Å². The Hall–Kier alpha value is -3.02. The quantitative estimate of drug-likeness (QED) is 0.859. The Morgan fingerprint density at radius 3 is 2.35 bits per heavy atom. The molecule has 1 amide bonds. The van der Waals surface area contributed by atoms with Gasteiger partial charge in [-0.15, -0.1) is 0 Å². The van der Waals surface area contributed by atoms with Crippen LogP contribution in [-0.2, 0) is 4.74 Å². The first-order valence-electron chi connectivity index (χ1n) is 6.81. The third-order valence-electron chi connectivity index (χ3n) is 3.19. The van der Waals surface area contributed by atoms with Crippen LogP contribution in [0, 0.1) is 0 Å². The van der Waals surface area contributed by atoms with Crippen molar-refractivity contribution in [3.05, 3.63) is 53.6 Å². The Labute approximate surface area is 134 Å². The zero-order valence-corrected chi connectivity index (χ0v) is 13.1. The maximum Gasteiger partial charge on any atom is 0.337 e. The summed E-state index contributed by atoms with van der Waals surface area (Å²) >= 11 is 0. The maximum absolute atomic E-state index is 12.4. The van der Waals surface area contributed by atoms with Gasteiger partial charge in [0.25, 0.3) is 5.91 Å². The number of anilines is 1. The highest BCUT2D eigenvalue weighted by molar-refractivity contribution is 6.07. The predicted octanol–water partition coefficient (Wildman–Crippen LogP) is 2.74. The minimum Gasteiger partial charge on any atom is -0.493 e. The fraction of sp³-hybridized carbons (Fsp3) is 0.176. The molecular formula is C17H17NO5. The number of ether oxygens (including phenoxy) is 3. The number of carbonyl (C=O) groups excluding carboxylic acids is 2. The summed E-state index contributed by atoms with van der Waals surface area (Å²) in [4.78, 5) is 24.0. The molecule has 0 bridgehead atoms. The molecule has 0 aromatic heterocycles. The summed E-state index contributed by atoms with van der Waals surface area (Å²) in [5.41, 5.74) is 1.15. The molecule has 0 aliphatic carbocycles. The number of esters is 1. The van der Waals surface area contributed by atoms with Gasteiger partial charge in [0.1, 0.15) is 0 Å². The van der Waals surface area contributed by atoms with E-state index in [4.69, 9.17) is 9.47 Å². The third kappa shape index (κ3) is 3.60. The average Bonchev–Trinajstić information content (AvgIpc) is 2.60. The molecule has 6 nitrogen and oxygen atoms in total. The Morgan fingerprint density at radius 2 is 1.70 bits per heavy atom. The summed E-state index contributed by atoms with van der Waals surface area (Å²) < 4.78 is 15.1. The van der Waals surface area contributed by atoms with Crippen molar-refractivity contribution < 1.29 is 23.8 Å². The number of carbonyl (C=O) groups is 2. The molecule has 0 radical (unpaired) electrons. The monoisotopic (exact) mass is 315 g/mol. The largest absolute Gasteiger partial charge is 0.493 e. The smallest absolute Gasteiger partial charge is 0.337 e. The fourth-order valence-corrected chi connectivity index (χ4v) is 2.11. The third-order valence-corrected chi connectivity index (χ3v) is 3.19. The van der Waals surface area contributed by atoms with Gasteiger partial charge in [-0.05, 0) is 30.3 Å². The van der Waals surface area contributed by atoms with E-state index in [-0.39, 0.29) is 5.91 Å². The number of hydrogen-bond donors (Lipinski definition) is 1. The lowest BCUT2D eigenvalue weighted by atomic mass is 10.1. The number of hydrogen-bond acceptors (Lipinski definition) is 5. The molecular weight excluding hydrogens is 298 g/mol. The van der Waals surface area contributed by atoms with Gasteiger partial charge in [0.05, 0.1) is 32.5 Å². The van der Waals surface area contributed by atoms with Crippen molar-refractivity contribution in [1.82, 2.24) is 0 Å². The molecule has 1 N–H and O–H groups in total. The fourth-order valence-electron chi connectivity index (χ4n) is 2.11. The van der Waals surface area contributed by atoms with Crippen molar-refractivity contribution in [3.63, 3.8) is 0 Å². The van der Waals surface area contributed by atoms with Crippen molar-refractivity contribution in [2.45, 2.75) is 0 Å². The molecule has 23 heavy (non-hydrogen) atoms. The van der Waals surface area contributed by atoms with Crippen molar-refractivity contribution in [2.75, 3.05) is 26.6 Å². The van der Waals surface area contributed by atoms with Crippen molar-refractivity contribution in [1.29, 1.82) is 0 Å². The standard InChI is InChI=1S/C17H17NO5/c1-21-14-9-5-8-13(15(14)22-2)16(19)18-12-7-4-6-11(10-12)17(20)23-3/h4-10H,1-3H3,(H,18,19). The van der Waals surface area contributed by atoms with Crippen LogP contribution in [0.5, 0.6) is 11.5 Å². The molecule has 0 aliphatic rings.